The van der Waals surface area contributed by atoms with E-state index in [2.05, 4.69) is 6.92 Å². The first-order valence-electron chi connectivity index (χ1n) is 10.1. The van der Waals surface area contributed by atoms with Gasteiger partial charge in [-0.1, -0.05) is 19.4 Å². The van der Waals surface area contributed by atoms with Gasteiger partial charge in [-0.05, 0) is 56.8 Å². The van der Waals surface area contributed by atoms with Crippen molar-refractivity contribution in [2.45, 2.75) is 65.4 Å². The molecule has 0 aromatic carbocycles. The molecule has 144 valence electrons. The van der Waals surface area contributed by atoms with E-state index in [1.165, 1.54) is 6.26 Å². The second-order valence-corrected chi connectivity index (χ2v) is 9.64. The Kier molecular flexibility index (Phi) is 3.21. The summed E-state index contributed by atoms with van der Waals surface area (Å²) in [5.74, 6) is -0.485. The fourth-order valence-corrected chi connectivity index (χ4v) is 7.44. The summed E-state index contributed by atoms with van der Waals surface area (Å²) in [6.07, 6.45) is 4.88. The molecule has 5 nitrogen and oxygen atoms in total. The molecular weight excluding hydrogens is 344 g/mol. The van der Waals surface area contributed by atoms with Crippen molar-refractivity contribution in [2.75, 3.05) is 0 Å². The highest BCUT2D eigenvalue weighted by Gasteiger charge is 2.75. The van der Waals surface area contributed by atoms with Gasteiger partial charge in [-0.2, -0.15) is 0 Å². The Labute approximate surface area is 158 Å². The van der Waals surface area contributed by atoms with Gasteiger partial charge in [0, 0.05) is 22.5 Å². The molecule has 0 radical (unpaired) electrons. The predicted molar refractivity (Wildman–Crippen MR) is 96.2 cm³/mol. The third-order valence-electron chi connectivity index (χ3n) is 8.80. The Hall–Kier alpha value is -1.75. The van der Waals surface area contributed by atoms with E-state index in [0.29, 0.717) is 18.4 Å². The summed E-state index contributed by atoms with van der Waals surface area (Å²) < 4.78 is 5.25. The highest BCUT2D eigenvalue weighted by molar-refractivity contribution is 6.20. The zero-order chi connectivity index (χ0) is 19.4. The van der Waals surface area contributed by atoms with E-state index < -0.39 is 22.9 Å². The quantitative estimate of drug-likeness (QED) is 0.567. The van der Waals surface area contributed by atoms with Gasteiger partial charge in [0.2, 0.25) is 0 Å². The number of hydrogen-bond acceptors (Lipinski definition) is 5. The van der Waals surface area contributed by atoms with E-state index >= 15 is 0 Å². The molecule has 6 unspecified atom stereocenters. The summed E-state index contributed by atoms with van der Waals surface area (Å²) in [5, 5.41) is 10.5. The number of Topliss-reactive ketones (excluding diaryl/α,β-unsaturated/α-hetero) is 2. The maximum Gasteiger partial charge on any atom is 0.330 e. The molecule has 5 aliphatic rings. The summed E-state index contributed by atoms with van der Waals surface area (Å²) in [6.45, 7) is 5.82. The van der Waals surface area contributed by atoms with Crippen molar-refractivity contribution in [3.63, 3.8) is 0 Å². The molecule has 4 aliphatic carbocycles. The molecule has 5 heteroatoms. The Morgan fingerprint density at radius 1 is 1.19 bits per heavy atom. The first-order valence-corrected chi connectivity index (χ1v) is 10.1. The Bertz CT molecular complexity index is 866. The summed E-state index contributed by atoms with van der Waals surface area (Å²) >= 11 is 0. The lowest BCUT2D eigenvalue weighted by atomic mass is 9.53. The molecule has 1 spiro atoms. The largest absolute Gasteiger partial charge is 0.433 e. The standard InChI is InChI=1S/C22H26O5/c1-11(23)12-4-5-13-17-14(6-8-20(12,13)2)21(3)9-7-16(24)15-10-27-19(26)22(15,21)18(17)25/h10,12-13,16,24H,4-9H2,1-3H3. The number of esters is 1. The van der Waals surface area contributed by atoms with Gasteiger partial charge in [-0.15, -0.1) is 0 Å². The number of ether oxygens (including phenoxy) is 1. The van der Waals surface area contributed by atoms with Crippen LogP contribution in [0.4, 0.5) is 0 Å². The van der Waals surface area contributed by atoms with Crippen molar-refractivity contribution in [1.29, 1.82) is 0 Å². The van der Waals surface area contributed by atoms with Crippen LogP contribution in [0.25, 0.3) is 0 Å². The number of carbonyl (C=O) groups is 3. The minimum absolute atomic E-state index is 0.0197. The molecule has 6 atom stereocenters. The zero-order valence-electron chi connectivity index (χ0n) is 16.1. The normalized spacial score (nSPS) is 47.9. The molecule has 2 saturated carbocycles. The molecule has 1 heterocycles. The Morgan fingerprint density at radius 2 is 1.93 bits per heavy atom. The van der Waals surface area contributed by atoms with Crippen LogP contribution in [0.1, 0.15) is 59.3 Å². The van der Waals surface area contributed by atoms with Crippen LogP contribution in [0.3, 0.4) is 0 Å². The van der Waals surface area contributed by atoms with Crippen molar-refractivity contribution >= 4 is 17.5 Å². The maximum absolute atomic E-state index is 13.9. The Balaban J connectivity index is 1.70. The van der Waals surface area contributed by atoms with Gasteiger partial charge in [0.1, 0.15) is 5.78 Å². The van der Waals surface area contributed by atoms with E-state index in [-0.39, 0.29) is 28.8 Å². The second kappa shape index (κ2) is 4.99. The van der Waals surface area contributed by atoms with Crippen LogP contribution in [-0.4, -0.2) is 28.7 Å². The van der Waals surface area contributed by atoms with Crippen LogP contribution < -0.4 is 0 Å². The van der Waals surface area contributed by atoms with Crippen molar-refractivity contribution in [3.05, 3.63) is 23.0 Å². The Morgan fingerprint density at radius 3 is 2.63 bits per heavy atom. The van der Waals surface area contributed by atoms with Crippen molar-refractivity contribution < 1.29 is 24.2 Å². The topological polar surface area (TPSA) is 80.7 Å². The molecule has 0 amide bonds. The van der Waals surface area contributed by atoms with Crippen LogP contribution >= 0.6 is 0 Å². The zero-order valence-corrected chi connectivity index (χ0v) is 16.1. The van der Waals surface area contributed by atoms with E-state index in [4.69, 9.17) is 4.74 Å². The first kappa shape index (κ1) is 17.4. The number of ketones is 2. The smallest absolute Gasteiger partial charge is 0.330 e. The van der Waals surface area contributed by atoms with Crippen LogP contribution in [0.15, 0.2) is 23.0 Å². The average molecular weight is 370 g/mol. The van der Waals surface area contributed by atoms with Gasteiger partial charge >= 0.3 is 5.97 Å². The number of cyclic esters (lactones) is 1. The molecule has 0 aromatic rings. The number of aliphatic hydroxyl groups is 1. The van der Waals surface area contributed by atoms with E-state index in [0.717, 1.165) is 36.8 Å². The predicted octanol–water partition coefficient (Wildman–Crippen LogP) is 2.87. The maximum atomic E-state index is 13.9. The number of hydrogen-bond donors (Lipinski definition) is 1. The highest BCUT2D eigenvalue weighted by Crippen LogP contribution is 2.71. The molecule has 2 fully saturated rings. The fourth-order valence-electron chi connectivity index (χ4n) is 7.44. The minimum Gasteiger partial charge on any atom is -0.433 e. The number of allylic oxidation sites excluding steroid dienone is 2. The van der Waals surface area contributed by atoms with Gasteiger partial charge in [0.15, 0.2) is 11.2 Å². The SMILES string of the molecule is CC(=O)C1CCC2C3=C(CCC12C)C1(C)CCC(O)C2=COC(=O)C21C3=O. The summed E-state index contributed by atoms with van der Waals surface area (Å²) in [7, 11) is 0. The number of fused-ring (bicyclic) bond motifs is 3. The summed E-state index contributed by atoms with van der Waals surface area (Å²) in [6, 6.07) is 0. The molecule has 5 rings (SSSR count). The lowest BCUT2D eigenvalue weighted by Gasteiger charge is -2.47. The molecule has 1 aliphatic heterocycles. The van der Waals surface area contributed by atoms with Crippen molar-refractivity contribution in [2.24, 2.45) is 28.1 Å². The number of aliphatic hydroxyl groups excluding tert-OH is 1. The molecule has 0 aromatic heterocycles. The average Bonchev–Trinajstić information content (AvgIpc) is 3.21. The highest BCUT2D eigenvalue weighted by atomic mass is 16.5. The van der Waals surface area contributed by atoms with Crippen LogP contribution in [0, 0.1) is 28.1 Å². The molecule has 27 heavy (non-hydrogen) atoms. The third-order valence-corrected chi connectivity index (χ3v) is 8.80. The molecule has 0 bridgehead atoms. The number of rotatable bonds is 1. The van der Waals surface area contributed by atoms with Gasteiger partial charge in [-0.25, -0.2) is 0 Å². The van der Waals surface area contributed by atoms with E-state index in [1.54, 1.807) is 6.92 Å². The minimum atomic E-state index is -1.38. The van der Waals surface area contributed by atoms with Crippen molar-refractivity contribution in [1.82, 2.24) is 0 Å². The van der Waals surface area contributed by atoms with Gasteiger partial charge < -0.3 is 9.84 Å². The van der Waals surface area contributed by atoms with Gasteiger partial charge in [0.05, 0.1) is 12.4 Å². The van der Waals surface area contributed by atoms with E-state index in [9.17, 15) is 19.5 Å². The lowest BCUT2D eigenvalue weighted by molar-refractivity contribution is -0.155. The van der Waals surface area contributed by atoms with Gasteiger partial charge in [0.25, 0.3) is 0 Å². The van der Waals surface area contributed by atoms with E-state index in [1.807, 2.05) is 6.92 Å². The number of carbonyl (C=O) groups excluding carboxylic acids is 3. The monoisotopic (exact) mass is 370 g/mol. The molecular formula is C22H26O5. The fraction of sp³-hybridized carbons (Fsp3) is 0.682. The van der Waals surface area contributed by atoms with Crippen molar-refractivity contribution in [3.8, 4) is 0 Å². The summed E-state index contributed by atoms with van der Waals surface area (Å²) in [4.78, 5) is 39.1. The summed E-state index contributed by atoms with van der Waals surface area (Å²) in [5.41, 5.74) is 0.113. The van der Waals surface area contributed by atoms with Gasteiger partial charge in [-0.3, -0.25) is 14.4 Å². The first-order chi connectivity index (χ1) is 12.7. The third kappa shape index (κ3) is 1.65. The second-order valence-electron chi connectivity index (χ2n) is 9.64. The molecule has 1 N–H and O–H groups in total. The van der Waals surface area contributed by atoms with Crippen LogP contribution in [0.2, 0.25) is 0 Å². The molecule has 0 saturated heterocycles. The van der Waals surface area contributed by atoms with Crippen LogP contribution in [0.5, 0.6) is 0 Å². The lowest BCUT2D eigenvalue weighted by Crippen LogP contribution is -2.53. The van der Waals surface area contributed by atoms with Crippen LogP contribution in [-0.2, 0) is 19.1 Å².